The highest BCUT2D eigenvalue weighted by Gasteiger charge is 2.34. The zero-order valence-corrected chi connectivity index (χ0v) is 16.8. The smallest absolute Gasteiger partial charge is 0.191 e. The average molecular weight is 445 g/mol. The number of nitrogens with zero attached hydrogens (tertiary/aromatic N) is 1. The summed E-state index contributed by atoms with van der Waals surface area (Å²) in [6.07, 6.45) is 3.80. The molecule has 1 aliphatic heterocycles. The van der Waals surface area contributed by atoms with E-state index in [1.165, 1.54) is 5.56 Å². The van der Waals surface area contributed by atoms with Gasteiger partial charge in [0.2, 0.25) is 0 Å². The third-order valence-corrected chi connectivity index (χ3v) is 4.38. The quantitative estimate of drug-likeness (QED) is 0.306. The maximum absolute atomic E-state index is 5.58. The molecule has 0 aromatic heterocycles. The number of guanidine groups is 1. The van der Waals surface area contributed by atoms with Crippen LogP contribution in [0.5, 0.6) is 5.75 Å². The fraction of sp³-hybridized carbons (Fsp3) is 0.500. The van der Waals surface area contributed by atoms with Crippen molar-refractivity contribution in [2.45, 2.75) is 18.3 Å². The van der Waals surface area contributed by atoms with Gasteiger partial charge in [0.25, 0.3) is 0 Å². The summed E-state index contributed by atoms with van der Waals surface area (Å²) in [4.78, 5) is 4.26. The number of nitrogens with one attached hydrogen (secondary N) is 2. The van der Waals surface area contributed by atoms with Gasteiger partial charge >= 0.3 is 0 Å². The molecule has 134 valence electrons. The third-order valence-electron chi connectivity index (χ3n) is 4.38. The van der Waals surface area contributed by atoms with Crippen LogP contribution in [-0.2, 0) is 10.2 Å². The van der Waals surface area contributed by atoms with Gasteiger partial charge in [-0.3, -0.25) is 4.99 Å². The van der Waals surface area contributed by atoms with Crippen molar-refractivity contribution < 1.29 is 9.47 Å². The third kappa shape index (κ3) is 5.37. The largest absolute Gasteiger partial charge is 0.497 e. The summed E-state index contributed by atoms with van der Waals surface area (Å²) in [6, 6.07) is 8.37. The molecule has 0 amide bonds. The van der Waals surface area contributed by atoms with Crippen molar-refractivity contribution in [3.05, 3.63) is 42.5 Å². The molecular weight excluding hydrogens is 417 g/mol. The van der Waals surface area contributed by atoms with Crippen molar-refractivity contribution in [1.82, 2.24) is 10.6 Å². The fourth-order valence-corrected chi connectivity index (χ4v) is 2.92. The number of aliphatic imine (C=N–C) groups is 1. The number of methoxy groups -OCH3 is 1. The van der Waals surface area contributed by atoms with Crippen molar-refractivity contribution in [2.75, 3.05) is 40.5 Å². The first-order valence-corrected chi connectivity index (χ1v) is 8.02. The molecule has 1 aliphatic rings. The molecule has 1 aromatic carbocycles. The van der Waals surface area contributed by atoms with Gasteiger partial charge in [-0.1, -0.05) is 18.2 Å². The Morgan fingerprint density at radius 2 is 1.96 bits per heavy atom. The van der Waals surface area contributed by atoms with Crippen molar-refractivity contribution in [2.24, 2.45) is 4.99 Å². The van der Waals surface area contributed by atoms with Crippen LogP contribution in [0.1, 0.15) is 18.4 Å². The molecule has 1 heterocycles. The molecule has 1 aromatic rings. The van der Waals surface area contributed by atoms with Crippen molar-refractivity contribution in [1.29, 1.82) is 0 Å². The second-order valence-corrected chi connectivity index (χ2v) is 5.72. The highest BCUT2D eigenvalue weighted by Crippen LogP contribution is 2.35. The van der Waals surface area contributed by atoms with Crippen LogP contribution < -0.4 is 15.4 Å². The van der Waals surface area contributed by atoms with Crippen LogP contribution in [0.25, 0.3) is 0 Å². The summed E-state index contributed by atoms with van der Waals surface area (Å²) < 4.78 is 10.8. The maximum atomic E-state index is 5.58. The summed E-state index contributed by atoms with van der Waals surface area (Å²) >= 11 is 0. The van der Waals surface area contributed by atoms with E-state index in [4.69, 9.17) is 9.47 Å². The van der Waals surface area contributed by atoms with E-state index in [1.54, 1.807) is 14.2 Å². The zero-order chi connectivity index (χ0) is 16.5. The van der Waals surface area contributed by atoms with Crippen LogP contribution >= 0.6 is 24.0 Å². The molecular formula is C18H28IN3O2. The number of ether oxygens (including phenoxy) is 2. The highest BCUT2D eigenvalue weighted by atomic mass is 127. The topological polar surface area (TPSA) is 54.9 Å². The first kappa shape index (κ1) is 20.8. The van der Waals surface area contributed by atoms with E-state index < -0.39 is 0 Å². The van der Waals surface area contributed by atoms with Gasteiger partial charge < -0.3 is 20.1 Å². The minimum Gasteiger partial charge on any atom is -0.497 e. The van der Waals surface area contributed by atoms with Gasteiger partial charge in [-0.05, 0) is 30.5 Å². The Hall–Kier alpha value is -1.28. The Morgan fingerprint density at radius 1 is 1.29 bits per heavy atom. The monoisotopic (exact) mass is 445 g/mol. The molecule has 0 spiro atoms. The predicted octanol–water partition coefficient (Wildman–Crippen LogP) is 2.71. The van der Waals surface area contributed by atoms with E-state index in [2.05, 4.69) is 34.3 Å². The van der Waals surface area contributed by atoms with Crippen molar-refractivity contribution >= 4 is 29.9 Å². The summed E-state index contributed by atoms with van der Waals surface area (Å²) in [7, 11) is 3.47. The number of benzene rings is 1. The predicted molar refractivity (Wildman–Crippen MR) is 110 cm³/mol. The molecule has 0 aliphatic carbocycles. The molecule has 1 fully saturated rings. The van der Waals surface area contributed by atoms with E-state index in [0.717, 1.165) is 44.3 Å². The van der Waals surface area contributed by atoms with E-state index in [-0.39, 0.29) is 29.4 Å². The number of halogens is 1. The highest BCUT2D eigenvalue weighted by molar-refractivity contribution is 14.0. The lowest BCUT2D eigenvalue weighted by atomic mass is 9.74. The van der Waals surface area contributed by atoms with Gasteiger partial charge in [0, 0.05) is 38.8 Å². The lowest BCUT2D eigenvalue weighted by Crippen LogP contribution is -2.48. The Morgan fingerprint density at radius 3 is 2.50 bits per heavy atom. The van der Waals surface area contributed by atoms with Crippen molar-refractivity contribution in [3.8, 4) is 5.75 Å². The SMILES string of the molecule is C=CCNC(=NC)NCC1(c2ccc(OC)cc2)CCOCC1.I. The summed E-state index contributed by atoms with van der Waals surface area (Å²) in [5, 5.41) is 6.66. The maximum Gasteiger partial charge on any atom is 0.191 e. The minimum atomic E-state index is 0. The molecule has 5 nitrogen and oxygen atoms in total. The molecule has 2 rings (SSSR count). The van der Waals surface area contributed by atoms with E-state index >= 15 is 0 Å². The molecule has 6 heteroatoms. The normalized spacial score (nSPS) is 16.7. The molecule has 0 radical (unpaired) electrons. The number of hydrogen-bond acceptors (Lipinski definition) is 3. The van der Waals surface area contributed by atoms with Gasteiger partial charge in [-0.2, -0.15) is 0 Å². The molecule has 24 heavy (non-hydrogen) atoms. The van der Waals surface area contributed by atoms with Gasteiger partial charge in [-0.15, -0.1) is 30.6 Å². The molecule has 0 atom stereocenters. The first-order valence-electron chi connectivity index (χ1n) is 8.02. The van der Waals surface area contributed by atoms with Crippen molar-refractivity contribution in [3.63, 3.8) is 0 Å². The van der Waals surface area contributed by atoms with E-state index in [9.17, 15) is 0 Å². The standard InChI is InChI=1S/C18H27N3O2.HI/c1-4-11-20-17(19-2)21-14-18(9-12-23-13-10-18)15-5-7-16(22-3)8-6-15;/h4-8H,1,9-14H2,2-3H3,(H2,19,20,21);1H. The Balaban J connectivity index is 0.00000288. The van der Waals surface area contributed by atoms with E-state index in [1.807, 2.05) is 18.2 Å². The van der Waals surface area contributed by atoms with Gasteiger partial charge in [0.05, 0.1) is 7.11 Å². The summed E-state index contributed by atoms with van der Waals surface area (Å²) in [5.41, 5.74) is 1.37. The molecule has 0 saturated carbocycles. The van der Waals surface area contributed by atoms with Crippen LogP contribution in [0.3, 0.4) is 0 Å². The van der Waals surface area contributed by atoms with Crippen LogP contribution in [0.4, 0.5) is 0 Å². The lowest BCUT2D eigenvalue weighted by molar-refractivity contribution is 0.0514. The number of hydrogen-bond donors (Lipinski definition) is 2. The fourth-order valence-electron chi connectivity index (χ4n) is 2.92. The number of rotatable bonds is 6. The summed E-state index contributed by atoms with van der Waals surface area (Å²) in [5.74, 6) is 1.68. The van der Waals surface area contributed by atoms with Crippen LogP contribution in [0.15, 0.2) is 41.9 Å². The minimum absolute atomic E-state index is 0. The van der Waals surface area contributed by atoms with E-state index in [0.29, 0.717) is 6.54 Å². The first-order chi connectivity index (χ1) is 11.2. The second-order valence-electron chi connectivity index (χ2n) is 5.72. The van der Waals surface area contributed by atoms with Crippen LogP contribution in [-0.4, -0.2) is 46.4 Å². The van der Waals surface area contributed by atoms with Crippen LogP contribution in [0.2, 0.25) is 0 Å². The Kier molecular flexibility index (Phi) is 9.13. The zero-order valence-electron chi connectivity index (χ0n) is 14.5. The van der Waals surface area contributed by atoms with Gasteiger partial charge in [0.1, 0.15) is 5.75 Å². The summed E-state index contributed by atoms with van der Waals surface area (Å²) in [6.45, 7) is 6.80. The average Bonchev–Trinajstić information content (AvgIpc) is 2.63. The Bertz CT molecular complexity index is 526. The second kappa shape index (κ2) is 10.6. The van der Waals surface area contributed by atoms with Gasteiger partial charge in [0.15, 0.2) is 5.96 Å². The van der Waals surface area contributed by atoms with Crippen LogP contribution in [0, 0.1) is 0 Å². The molecule has 1 saturated heterocycles. The molecule has 2 N–H and O–H groups in total. The molecule has 0 unspecified atom stereocenters. The Labute approximate surface area is 161 Å². The molecule has 0 bridgehead atoms. The lowest BCUT2D eigenvalue weighted by Gasteiger charge is -2.38. The van der Waals surface area contributed by atoms with Gasteiger partial charge in [-0.25, -0.2) is 0 Å².